The number of amides is 1. The molecule has 0 saturated heterocycles. The van der Waals surface area contributed by atoms with Gasteiger partial charge in [-0.05, 0) is 42.0 Å². The molecule has 34 heavy (non-hydrogen) atoms. The second-order valence-corrected chi connectivity index (χ2v) is 8.92. The van der Waals surface area contributed by atoms with Gasteiger partial charge in [0.2, 0.25) is 10.0 Å². The van der Waals surface area contributed by atoms with E-state index in [9.17, 15) is 22.0 Å². The van der Waals surface area contributed by atoms with E-state index in [1.165, 1.54) is 43.6 Å². The van der Waals surface area contributed by atoms with Crippen molar-refractivity contribution in [2.24, 2.45) is 5.73 Å². The summed E-state index contributed by atoms with van der Waals surface area (Å²) in [5.41, 5.74) is 6.66. The maximum absolute atomic E-state index is 13.4. The van der Waals surface area contributed by atoms with Crippen molar-refractivity contribution in [1.82, 2.24) is 9.71 Å². The van der Waals surface area contributed by atoms with E-state index < -0.39 is 27.6 Å². The molecule has 0 aliphatic heterocycles. The van der Waals surface area contributed by atoms with E-state index in [4.69, 9.17) is 10.5 Å². The second kappa shape index (κ2) is 11.0. The quantitative estimate of drug-likeness (QED) is 0.303. The zero-order valence-electron chi connectivity index (χ0n) is 18.1. The minimum Gasteiger partial charge on any atom is -0.383 e. The number of ether oxygens (including phenoxy) is 1. The Morgan fingerprint density at radius 3 is 2.38 bits per heavy atom. The first-order valence-electron chi connectivity index (χ1n) is 10.0. The molecule has 0 fully saturated rings. The topological polar surface area (TPSA) is 135 Å². The van der Waals surface area contributed by atoms with Crippen molar-refractivity contribution < 1.29 is 26.7 Å². The van der Waals surface area contributed by atoms with Gasteiger partial charge in [-0.2, -0.15) is 0 Å². The molecule has 0 aliphatic rings. The monoisotopic (exact) mass is 491 g/mol. The molecule has 5 N–H and O–H groups in total. The zero-order valence-corrected chi connectivity index (χ0v) is 19.0. The largest absolute Gasteiger partial charge is 0.383 e. The van der Waals surface area contributed by atoms with E-state index in [-0.39, 0.29) is 30.2 Å². The van der Waals surface area contributed by atoms with Crippen LogP contribution in [-0.2, 0) is 21.3 Å². The highest BCUT2D eigenvalue weighted by atomic mass is 32.2. The Morgan fingerprint density at radius 2 is 1.76 bits per heavy atom. The van der Waals surface area contributed by atoms with E-state index in [2.05, 4.69) is 20.3 Å². The van der Waals surface area contributed by atoms with Gasteiger partial charge in [-0.3, -0.25) is 4.79 Å². The molecule has 180 valence electrons. The first kappa shape index (κ1) is 25.0. The van der Waals surface area contributed by atoms with Crippen LogP contribution in [-0.4, -0.2) is 39.6 Å². The van der Waals surface area contributed by atoms with Gasteiger partial charge in [0.1, 0.15) is 17.5 Å². The Bertz CT molecular complexity index is 1250. The normalized spacial score (nSPS) is 11.3. The Labute approximate surface area is 195 Å². The summed E-state index contributed by atoms with van der Waals surface area (Å²) in [5.74, 6) is -1.85. The lowest BCUT2D eigenvalue weighted by Crippen LogP contribution is -2.27. The zero-order chi connectivity index (χ0) is 24.7. The van der Waals surface area contributed by atoms with Crippen LogP contribution in [0.15, 0.2) is 59.6 Å². The smallest absolute Gasteiger partial charge is 0.252 e. The number of rotatable bonds is 11. The van der Waals surface area contributed by atoms with E-state index in [0.717, 1.165) is 6.07 Å². The summed E-state index contributed by atoms with van der Waals surface area (Å²) in [6.07, 6.45) is 1.26. The summed E-state index contributed by atoms with van der Waals surface area (Å²) in [7, 11) is -2.20. The number of benzene rings is 2. The molecule has 1 amide bonds. The van der Waals surface area contributed by atoms with Crippen LogP contribution in [0.25, 0.3) is 0 Å². The number of pyridine rings is 1. The number of anilines is 3. The number of primary amides is 1. The van der Waals surface area contributed by atoms with Gasteiger partial charge in [0, 0.05) is 44.2 Å². The average molecular weight is 492 g/mol. The number of aromatic nitrogens is 1. The Hall–Kier alpha value is -3.61. The molecule has 9 nitrogen and oxygen atoms in total. The van der Waals surface area contributed by atoms with Gasteiger partial charge in [-0.25, -0.2) is 26.9 Å². The molecule has 3 aromatic rings. The molecule has 2 aromatic carbocycles. The first-order valence-corrected chi connectivity index (χ1v) is 11.5. The number of nitrogens with one attached hydrogen (secondary N) is 3. The van der Waals surface area contributed by atoms with Gasteiger partial charge in [-0.1, -0.05) is 0 Å². The Kier molecular flexibility index (Phi) is 8.10. The Balaban J connectivity index is 1.75. The SMILES string of the molecule is COCCNS(=O)(=O)c1ccc(Nc2cc(NCc3cc(F)cc(F)c3)c(C(N)=O)cn2)cc1. The number of halogens is 2. The van der Waals surface area contributed by atoms with Gasteiger partial charge in [0.15, 0.2) is 0 Å². The minimum absolute atomic E-state index is 0.0288. The standard InChI is InChI=1S/C22H23F2N5O4S/c1-33-7-6-28-34(31,32)18-4-2-17(3-5-18)29-21-11-20(19(13-27-21)22(25)30)26-12-14-8-15(23)10-16(24)9-14/h2-5,8-11,13,28H,6-7,12H2,1H3,(H2,25,30)(H2,26,27,29). The molecule has 0 bridgehead atoms. The molecular formula is C22H23F2N5O4S. The molecule has 0 atom stereocenters. The molecule has 1 heterocycles. The fourth-order valence-electron chi connectivity index (χ4n) is 3.00. The highest BCUT2D eigenvalue weighted by Gasteiger charge is 2.14. The van der Waals surface area contributed by atoms with Gasteiger partial charge in [-0.15, -0.1) is 0 Å². The van der Waals surface area contributed by atoms with Crippen LogP contribution in [0, 0.1) is 11.6 Å². The molecular weight excluding hydrogens is 468 g/mol. The molecule has 0 saturated carbocycles. The van der Waals surface area contributed by atoms with Gasteiger partial charge >= 0.3 is 0 Å². The lowest BCUT2D eigenvalue weighted by molar-refractivity contribution is 0.100. The van der Waals surface area contributed by atoms with Gasteiger partial charge in [0.25, 0.3) is 5.91 Å². The van der Waals surface area contributed by atoms with Crippen molar-refractivity contribution in [3.63, 3.8) is 0 Å². The number of hydrogen-bond acceptors (Lipinski definition) is 7. The lowest BCUT2D eigenvalue weighted by atomic mass is 10.1. The fourth-order valence-corrected chi connectivity index (χ4v) is 4.02. The molecule has 12 heteroatoms. The molecule has 0 aliphatic carbocycles. The maximum atomic E-state index is 13.4. The van der Waals surface area contributed by atoms with Crippen LogP contribution in [0.3, 0.4) is 0 Å². The fraction of sp³-hybridized carbons (Fsp3) is 0.182. The number of carbonyl (C=O) groups is 1. The van der Waals surface area contributed by atoms with Gasteiger partial charge in [0.05, 0.1) is 22.8 Å². The predicted octanol–water partition coefficient (Wildman–Crippen LogP) is 2.74. The Morgan fingerprint density at radius 1 is 1.09 bits per heavy atom. The van der Waals surface area contributed by atoms with Crippen LogP contribution in [0.1, 0.15) is 15.9 Å². The van der Waals surface area contributed by atoms with Gasteiger partial charge < -0.3 is 21.1 Å². The second-order valence-electron chi connectivity index (χ2n) is 7.15. The van der Waals surface area contributed by atoms with Crippen LogP contribution < -0.4 is 21.1 Å². The molecule has 0 spiro atoms. The van der Waals surface area contributed by atoms with Crippen LogP contribution in [0.2, 0.25) is 0 Å². The average Bonchev–Trinajstić information content (AvgIpc) is 2.77. The van der Waals surface area contributed by atoms with Crippen molar-refractivity contribution in [3.8, 4) is 0 Å². The first-order chi connectivity index (χ1) is 16.2. The minimum atomic E-state index is -3.67. The predicted molar refractivity (Wildman–Crippen MR) is 123 cm³/mol. The van der Waals surface area contributed by atoms with Crippen molar-refractivity contribution in [2.45, 2.75) is 11.4 Å². The highest BCUT2D eigenvalue weighted by Crippen LogP contribution is 2.23. The number of nitrogens with zero attached hydrogens (tertiary/aromatic N) is 1. The lowest BCUT2D eigenvalue weighted by Gasteiger charge is -2.13. The maximum Gasteiger partial charge on any atom is 0.252 e. The number of methoxy groups -OCH3 is 1. The van der Waals surface area contributed by atoms with E-state index >= 15 is 0 Å². The van der Waals surface area contributed by atoms with E-state index in [0.29, 0.717) is 22.8 Å². The summed E-state index contributed by atoms with van der Waals surface area (Å²) in [6.45, 7) is 0.421. The third-order valence-electron chi connectivity index (χ3n) is 4.61. The number of sulfonamides is 1. The summed E-state index contributed by atoms with van der Waals surface area (Å²) >= 11 is 0. The van der Waals surface area contributed by atoms with Crippen molar-refractivity contribution in [3.05, 3.63) is 77.5 Å². The van der Waals surface area contributed by atoms with Crippen molar-refractivity contribution >= 4 is 33.1 Å². The third-order valence-corrected chi connectivity index (χ3v) is 6.09. The summed E-state index contributed by atoms with van der Waals surface area (Å²) < 4.78 is 58.6. The molecule has 1 aromatic heterocycles. The summed E-state index contributed by atoms with van der Waals surface area (Å²) in [4.78, 5) is 16.0. The molecule has 0 unspecified atom stereocenters. The van der Waals surface area contributed by atoms with Crippen LogP contribution >= 0.6 is 0 Å². The number of nitrogens with two attached hydrogens (primary N) is 1. The summed E-state index contributed by atoms with van der Waals surface area (Å²) in [6, 6.07) is 10.6. The molecule has 0 radical (unpaired) electrons. The van der Waals surface area contributed by atoms with Crippen molar-refractivity contribution in [2.75, 3.05) is 30.9 Å². The van der Waals surface area contributed by atoms with E-state index in [1.807, 2.05) is 0 Å². The van der Waals surface area contributed by atoms with Crippen molar-refractivity contribution in [1.29, 1.82) is 0 Å². The van der Waals surface area contributed by atoms with E-state index in [1.54, 1.807) is 12.1 Å². The molecule has 3 rings (SSSR count). The highest BCUT2D eigenvalue weighted by molar-refractivity contribution is 7.89. The van der Waals surface area contributed by atoms with Crippen LogP contribution in [0.5, 0.6) is 0 Å². The number of hydrogen-bond donors (Lipinski definition) is 4. The number of carbonyl (C=O) groups excluding carboxylic acids is 1. The third kappa shape index (κ3) is 6.70. The van der Waals surface area contributed by atoms with Crippen LogP contribution in [0.4, 0.5) is 26.0 Å². The summed E-state index contributed by atoms with van der Waals surface area (Å²) in [5, 5.41) is 5.93.